The molecule has 2 aromatic rings. The summed E-state index contributed by atoms with van der Waals surface area (Å²) in [6.45, 7) is 3.80. The molecule has 0 fully saturated rings. The number of aromatic nitrogens is 2. The van der Waals surface area contributed by atoms with Gasteiger partial charge in [-0.2, -0.15) is 9.97 Å². The topological polar surface area (TPSA) is 70.3 Å². The number of benzene rings is 1. The van der Waals surface area contributed by atoms with E-state index >= 15 is 0 Å². The van der Waals surface area contributed by atoms with Crippen molar-refractivity contribution in [2.24, 2.45) is 0 Å². The number of nitrogens with zero attached hydrogens (tertiary/aromatic N) is 2. The molecule has 0 unspecified atom stereocenters. The molecule has 0 saturated carbocycles. The Morgan fingerprint density at radius 2 is 1.72 bits per heavy atom. The molecule has 2 rings (SSSR count). The largest absolute Gasteiger partial charge is 0.473 e. The van der Waals surface area contributed by atoms with Gasteiger partial charge in [-0.3, -0.25) is 0 Å². The van der Waals surface area contributed by atoms with E-state index in [1.165, 1.54) is 6.33 Å². The predicted octanol–water partition coefficient (Wildman–Crippen LogP) is 2.64. The van der Waals surface area contributed by atoms with Gasteiger partial charge >= 0.3 is 0 Å². The first-order chi connectivity index (χ1) is 8.66. The highest BCUT2D eigenvalue weighted by molar-refractivity contribution is 5.56. The minimum absolute atomic E-state index is 0.00762. The third-order valence-electron chi connectivity index (χ3n) is 2.12. The molecule has 0 aliphatic rings. The van der Waals surface area contributed by atoms with E-state index in [1.807, 2.05) is 44.2 Å². The van der Waals surface area contributed by atoms with E-state index in [4.69, 9.17) is 15.2 Å². The summed E-state index contributed by atoms with van der Waals surface area (Å²) in [5, 5.41) is 0. The molecule has 0 aliphatic carbocycles. The molecule has 0 bridgehead atoms. The molecular formula is C13H15N3O2. The molecule has 0 spiro atoms. The van der Waals surface area contributed by atoms with Crippen LogP contribution in [0.3, 0.4) is 0 Å². The number of nitrogen functional groups attached to an aromatic ring is 1. The van der Waals surface area contributed by atoms with Crippen LogP contribution in [0.5, 0.6) is 17.5 Å². The summed E-state index contributed by atoms with van der Waals surface area (Å²) in [6.07, 6.45) is 1.36. The zero-order valence-corrected chi connectivity index (χ0v) is 10.3. The maximum Gasteiger partial charge on any atom is 0.249 e. The fourth-order valence-electron chi connectivity index (χ4n) is 1.36. The summed E-state index contributed by atoms with van der Waals surface area (Å²) in [6, 6.07) is 9.30. The molecule has 1 aromatic carbocycles. The van der Waals surface area contributed by atoms with Crippen LogP contribution in [0.2, 0.25) is 0 Å². The Hall–Kier alpha value is -2.30. The SMILES string of the molecule is CC(C)Oc1ncnc(Oc2ccccc2)c1N. The molecule has 18 heavy (non-hydrogen) atoms. The second kappa shape index (κ2) is 5.35. The zero-order valence-electron chi connectivity index (χ0n) is 10.3. The van der Waals surface area contributed by atoms with Crippen molar-refractivity contribution in [2.75, 3.05) is 5.73 Å². The third kappa shape index (κ3) is 2.88. The van der Waals surface area contributed by atoms with Crippen molar-refractivity contribution < 1.29 is 9.47 Å². The molecule has 5 heteroatoms. The Morgan fingerprint density at radius 3 is 2.39 bits per heavy atom. The zero-order chi connectivity index (χ0) is 13.0. The average Bonchev–Trinajstić information content (AvgIpc) is 2.35. The van der Waals surface area contributed by atoms with Gasteiger partial charge in [0.1, 0.15) is 12.1 Å². The lowest BCUT2D eigenvalue weighted by Gasteiger charge is -2.12. The molecule has 1 aromatic heterocycles. The van der Waals surface area contributed by atoms with Gasteiger partial charge in [-0.05, 0) is 26.0 Å². The Labute approximate surface area is 106 Å². The average molecular weight is 245 g/mol. The van der Waals surface area contributed by atoms with Crippen LogP contribution in [-0.2, 0) is 0 Å². The molecule has 0 atom stereocenters. The van der Waals surface area contributed by atoms with Gasteiger partial charge in [0.05, 0.1) is 6.10 Å². The van der Waals surface area contributed by atoms with Crippen molar-refractivity contribution in [2.45, 2.75) is 20.0 Å². The van der Waals surface area contributed by atoms with Crippen molar-refractivity contribution in [3.63, 3.8) is 0 Å². The second-order valence-corrected chi connectivity index (χ2v) is 3.98. The van der Waals surface area contributed by atoms with Crippen molar-refractivity contribution in [3.05, 3.63) is 36.7 Å². The van der Waals surface area contributed by atoms with Gasteiger partial charge in [-0.1, -0.05) is 18.2 Å². The summed E-state index contributed by atoms with van der Waals surface area (Å²) < 4.78 is 11.0. The number of rotatable bonds is 4. The number of para-hydroxylation sites is 1. The van der Waals surface area contributed by atoms with Crippen molar-refractivity contribution in [1.82, 2.24) is 9.97 Å². The van der Waals surface area contributed by atoms with Crippen LogP contribution in [0.1, 0.15) is 13.8 Å². The standard InChI is InChI=1S/C13H15N3O2/c1-9(2)17-12-11(14)13(16-8-15-12)18-10-6-4-3-5-7-10/h3-9H,14H2,1-2H3. The van der Waals surface area contributed by atoms with Gasteiger partial charge in [-0.25, -0.2) is 0 Å². The van der Waals surface area contributed by atoms with Crippen LogP contribution in [0.4, 0.5) is 5.69 Å². The first-order valence-electron chi connectivity index (χ1n) is 5.67. The van der Waals surface area contributed by atoms with Crippen molar-refractivity contribution in [1.29, 1.82) is 0 Å². The van der Waals surface area contributed by atoms with Crippen LogP contribution in [0.15, 0.2) is 36.7 Å². The minimum atomic E-state index is -0.00762. The molecule has 0 radical (unpaired) electrons. The Bertz CT molecular complexity index is 515. The Kier molecular flexibility index (Phi) is 3.62. The summed E-state index contributed by atoms with van der Waals surface area (Å²) >= 11 is 0. The van der Waals surface area contributed by atoms with E-state index in [0.29, 0.717) is 23.2 Å². The molecule has 0 amide bonds. The van der Waals surface area contributed by atoms with E-state index in [0.717, 1.165) is 0 Å². The van der Waals surface area contributed by atoms with E-state index in [1.54, 1.807) is 0 Å². The molecule has 2 N–H and O–H groups in total. The molecule has 0 saturated heterocycles. The van der Waals surface area contributed by atoms with Gasteiger partial charge in [0, 0.05) is 0 Å². The monoisotopic (exact) mass is 245 g/mol. The lowest BCUT2D eigenvalue weighted by atomic mass is 10.3. The number of ether oxygens (including phenoxy) is 2. The maximum absolute atomic E-state index is 5.90. The fraction of sp³-hybridized carbons (Fsp3) is 0.231. The third-order valence-corrected chi connectivity index (χ3v) is 2.12. The van der Waals surface area contributed by atoms with E-state index in [-0.39, 0.29) is 6.10 Å². The van der Waals surface area contributed by atoms with Gasteiger partial charge in [0.15, 0.2) is 5.69 Å². The highest BCUT2D eigenvalue weighted by Crippen LogP contribution is 2.30. The highest BCUT2D eigenvalue weighted by Gasteiger charge is 2.12. The van der Waals surface area contributed by atoms with Gasteiger partial charge in [0.25, 0.3) is 0 Å². The first kappa shape index (κ1) is 12.2. The van der Waals surface area contributed by atoms with E-state index in [2.05, 4.69) is 9.97 Å². The predicted molar refractivity (Wildman–Crippen MR) is 68.7 cm³/mol. The summed E-state index contributed by atoms with van der Waals surface area (Å²) in [4.78, 5) is 7.99. The van der Waals surface area contributed by atoms with Crippen LogP contribution in [0, 0.1) is 0 Å². The number of hydrogen-bond acceptors (Lipinski definition) is 5. The molecule has 1 heterocycles. The second-order valence-electron chi connectivity index (χ2n) is 3.98. The Balaban J connectivity index is 2.23. The van der Waals surface area contributed by atoms with Gasteiger partial charge < -0.3 is 15.2 Å². The number of hydrogen-bond donors (Lipinski definition) is 1. The number of nitrogens with two attached hydrogens (primary N) is 1. The summed E-state index contributed by atoms with van der Waals surface area (Å²) in [5.74, 6) is 1.30. The molecule has 94 valence electrons. The first-order valence-corrected chi connectivity index (χ1v) is 5.67. The smallest absolute Gasteiger partial charge is 0.249 e. The van der Waals surface area contributed by atoms with E-state index < -0.39 is 0 Å². The van der Waals surface area contributed by atoms with E-state index in [9.17, 15) is 0 Å². The maximum atomic E-state index is 5.90. The summed E-state index contributed by atoms with van der Waals surface area (Å²) in [7, 11) is 0. The van der Waals surface area contributed by atoms with Crippen LogP contribution in [-0.4, -0.2) is 16.1 Å². The quantitative estimate of drug-likeness (QED) is 0.896. The summed E-state index contributed by atoms with van der Waals surface area (Å²) in [5.41, 5.74) is 6.21. The van der Waals surface area contributed by atoms with Gasteiger partial charge in [0.2, 0.25) is 11.8 Å². The lowest BCUT2D eigenvalue weighted by Crippen LogP contribution is -2.10. The van der Waals surface area contributed by atoms with Crippen LogP contribution >= 0.6 is 0 Å². The fourth-order valence-corrected chi connectivity index (χ4v) is 1.36. The van der Waals surface area contributed by atoms with Crippen LogP contribution in [0.25, 0.3) is 0 Å². The molecular weight excluding hydrogens is 230 g/mol. The minimum Gasteiger partial charge on any atom is -0.473 e. The molecule has 5 nitrogen and oxygen atoms in total. The normalized spacial score (nSPS) is 10.4. The Morgan fingerprint density at radius 1 is 1.06 bits per heavy atom. The van der Waals surface area contributed by atoms with Crippen molar-refractivity contribution in [3.8, 4) is 17.5 Å². The number of anilines is 1. The van der Waals surface area contributed by atoms with Crippen LogP contribution < -0.4 is 15.2 Å². The van der Waals surface area contributed by atoms with Crippen molar-refractivity contribution >= 4 is 5.69 Å². The lowest BCUT2D eigenvalue weighted by molar-refractivity contribution is 0.233. The van der Waals surface area contributed by atoms with Gasteiger partial charge in [-0.15, -0.1) is 0 Å². The highest BCUT2D eigenvalue weighted by atomic mass is 16.5. The molecule has 0 aliphatic heterocycles.